The number of carbonyl (C=O) groups is 1. The number of hydrogen-bond acceptors (Lipinski definition) is 5. The van der Waals surface area contributed by atoms with Crippen molar-refractivity contribution < 1.29 is 4.79 Å². The van der Waals surface area contributed by atoms with Crippen molar-refractivity contribution in [2.75, 3.05) is 5.32 Å². The minimum Gasteiger partial charge on any atom is -0.295 e. The number of rotatable bonds is 2. The Hall–Kier alpha value is -1.09. The molecule has 0 aliphatic carbocycles. The van der Waals surface area contributed by atoms with Gasteiger partial charge in [-0.25, -0.2) is 0 Å². The van der Waals surface area contributed by atoms with Crippen molar-refractivity contribution in [3.8, 4) is 0 Å². The molecule has 5 nitrogen and oxygen atoms in total. The van der Waals surface area contributed by atoms with Crippen LogP contribution in [0.2, 0.25) is 0 Å². The average Bonchev–Trinajstić information content (AvgIpc) is 2.74. The number of halogens is 1. The maximum absolute atomic E-state index is 11.9. The van der Waals surface area contributed by atoms with Crippen LogP contribution >= 0.6 is 34.1 Å². The minimum atomic E-state index is -0.188. The van der Waals surface area contributed by atoms with E-state index in [0.29, 0.717) is 10.7 Å². The van der Waals surface area contributed by atoms with E-state index in [2.05, 4.69) is 42.7 Å². The molecule has 1 aromatic heterocycles. The molecular weight excluding hydrogens is 339 g/mol. The molecule has 0 unspecified atom stereocenters. The van der Waals surface area contributed by atoms with Crippen LogP contribution in [-0.2, 0) is 0 Å². The van der Waals surface area contributed by atoms with Crippen molar-refractivity contribution in [2.24, 2.45) is 0 Å². The summed E-state index contributed by atoms with van der Waals surface area (Å²) in [6.07, 6.45) is 0. The lowest BCUT2D eigenvalue weighted by molar-refractivity contribution is 0.102. The Morgan fingerprint density at radius 1 is 1.50 bits per heavy atom. The minimum absolute atomic E-state index is 0.188. The SMILES string of the molecule is Cc1cccc(C(=O)Nc2nnns2)c1I. The van der Waals surface area contributed by atoms with E-state index >= 15 is 0 Å². The van der Waals surface area contributed by atoms with Crippen molar-refractivity contribution in [3.63, 3.8) is 0 Å². The second kappa shape index (κ2) is 4.83. The number of nitrogens with zero attached hydrogens (tertiary/aromatic N) is 3. The molecule has 0 spiro atoms. The summed E-state index contributed by atoms with van der Waals surface area (Å²) in [5.41, 5.74) is 1.71. The number of amides is 1. The van der Waals surface area contributed by atoms with Crippen molar-refractivity contribution in [2.45, 2.75) is 6.92 Å². The van der Waals surface area contributed by atoms with E-state index in [9.17, 15) is 4.79 Å². The molecule has 0 saturated carbocycles. The molecule has 1 aromatic carbocycles. The first kappa shape index (κ1) is 11.4. The van der Waals surface area contributed by atoms with E-state index in [1.807, 2.05) is 19.1 Å². The van der Waals surface area contributed by atoms with Crippen LogP contribution in [0, 0.1) is 10.5 Å². The van der Waals surface area contributed by atoms with Crippen LogP contribution in [0.5, 0.6) is 0 Å². The van der Waals surface area contributed by atoms with E-state index < -0.39 is 0 Å². The van der Waals surface area contributed by atoms with Crippen LogP contribution in [0.3, 0.4) is 0 Å². The maximum atomic E-state index is 11.9. The maximum Gasteiger partial charge on any atom is 0.258 e. The molecule has 0 aliphatic rings. The summed E-state index contributed by atoms with van der Waals surface area (Å²) in [5, 5.41) is 10.1. The third-order valence-corrected chi connectivity index (χ3v) is 3.90. The van der Waals surface area contributed by atoms with Gasteiger partial charge in [0.25, 0.3) is 5.91 Å². The first-order valence-corrected chi connectivity index (χ1v) is 6.25. The van der Waals surface area contributed by atoms with Gasteiger partial charge < -0.3 is 0 Å². The zero-order chi connectivity index (χ0) is 11.5. The Labute approximate surface area is 110 Å². The van der Waals surface area contributed by atoms with Crippen LogP contribution < -0.4 is 5.32 Å². The molecule has 1 amide bonds. The molecule has 2 rings (SSSR count). The van der Waals surface area contributed by atoms with Gasteiger partial charge in [-0.15, -0.1) is 0 Å². The lowest BCUT2D eigenvalue weighted by Gasteiger charge is -2.05. The monoisotopic (exact) mass is 346 g/mol. The highest BCUT2D eigenvalue weighted by Gasteiger charge is 2.12. The number of hydrogen-bond donors (Lipinski definition) is 1. The second-order valence-electron chi connectivity index (χ2n) is 3.06. The molecule has 16 heavy (non-hydrogen) atoms. The summed E-state index contributed by atoms with van der Waals surface area (Å²) in [6.45, 7) is 1.96. The number of carbonyl (C=O) groups excluding carboxylic acids is 1. The summed E-state index contributed by atoms with van der Waals surface area (Å²) >= 11 is 3.20. The van der Waals surface area contributed by atoms with Crippen molar-refractivity contribution in [1.82, 2.24) is 14.8 Å². The van der Waals surface area contributed by atoms with Gasteiger partial charge >= 0.3 is 0 Å². The zero-order valence-electron chi connectivity index (χ0n) is 8.27. The second-order valence-corrected chi connectivity index (χ2v) is 4.87. The molecule has 0 aliphatic heterocycles. The Morgan fingerprint density at radius 2 is 2.31 bits per heavy atom. The van der Waals surface area contributed by atoms with Gasteiger partial charge in [-0.05, 0) is 46.4 Å². The fourth-order valence-corrected chi connectivity index (χ4v) is 2.14. The molecular formula is C9H7IN4OS. The summed E-state index contributed by atoms with van der Waals surface area (Å²) in [4.78, 5) is 11.9. The van der Waals surface area contributed by atoms with E-state index in [-0.39, 0.29) is 5.91 Å². The molecule has 0 atom stereocenters. The fraction of sp³-hybridized carbons (Fsp3) is 0.111. The van der Waals surface area contributed by atoms with Gasteiger partial charge in [0.1, 0.15) is 0 Å². The zero-order valence-corrected chi connectivity index (χ0v) is 11.2. The number of benzene rings is 1. The Balaban J connectivity index is 2.24. The molecule has 0 bridgehead atoms. The molecule has 0 radical (unpaired) electrons. The van der Waals surface area contributed by atoms with Crippen LogP contribution in [0.4, 0.5) is 5.13 Å². The lowest BCUT2D eigenvalue weighted by atomic mass is 10.1. The van der Waals surface area contributed by atoms with Crippen molar-refractivity contribution in [3.05, 3.63) is 32.9 Å². The molecule has 0 saturated heterocycles. The Morgan fingerprint density at radius 3 is 3.00 bits per heavy atom. The molecule has 1 heterocycles. The predicted octanol–water partition coefficient (Wildman–Crippen LogP) is 2.10. The largest absolute Gasteiger partial charge is 0.295 e. The number of aromatic nitrogens is 3. The topological polar surface area (TPSA) is 67.8 Å². The number of aryl methyl sites for hydroxylation is 1. The van der Waals surface area contributed by atoms with E-state index in [0.717, 1.165) is 20.7 Å². The normalized spacial score (nSPS) is 10.1. The van der Waals surface area contributed by atoms with E-state index in [1.54, 1.807) is 6.07 Å². The summed E-state index contributed by atoms with van der Waals surface area (Å²) in [5.74, 6) is -0.188. The van der Waals surface area contributed by atoms with Gasteiger partial charge in [0.05, 0.1) is 5.56 Å². The van der Waals surface area contributed by atoms with Crippen LogP contribution in [-0.4, -0.2) is 20.7 Å². The highest BCUT2D eigenvalue weighted by molar-refractivity contribution is 14.1. The highest BCUT2D eigenvalue weighted by atomic mass is 127. The third kappa shape index (κ3) is 2.35. The van der Waals surface area contributed by atoms with Gasteiger partial charge in [0.15, 0.2) is 0 Å². The lowest BCUT2D eigenvalue weighted by Crippen LogP contribution is -2.13. The molecule has 7 heteroatoms. The van der Waals surface area contributed by atoms with Gasteiger partial charge in [0, 0.05) is 15.1 Å². The Kier molecular flexibility index (Phi) is 3.44. The smallest absolute Gasteiger partial charge is 0.258 e. The molecule has 1 N–H and O–H groups in total. The number of nitrogens with one attached hydrogen (secondary N) is 1. The quantitative estimate of drug-likeness (QED) is 0.846. The Bertz CT molecular complexity index is 514. The van der Waals surface area contributed by atoms with Gasteiger partial charge in [0.2, 0.25) is 5.13 Å². The van der Waals surface area contributed by atoms with E-state index in [1.165, 1.54) is 0 Å². The number of anilines is 1. The first-order valence-electron chi connectivity index (χ1n) is 4.40. The standard InChI is InChI=1S/C9H7IN4OS/c1-5-3-2-4-6(7(5)10)8(15)11-9-12-13-14-16-9/h2-4H,1H3,(H,11,12,14,15). The molecule has 0 fully saturated rings. The van der Waals surface area contributed by atoms with Crippen LogP contribution in [0.15, 0.2) is 18.2 Å². The van der Waals surface area contributed by atoms with Gasteiger partial charge in [-0.1, -0.05) is 21.7 Å². The average molecular weight is 346 g/mol. The molecule has 2 aromatic rings. The van der Waals surface area contributed by atoms with Crippen LogP contribution in [0.1, 0.15) is 15.9 Å². The van der Waals surface area contributed by atoms with Gasteiger partial charge in [-0.3, -0.25) is 10.1 Å². The summed E-state index contributed by atoms with van der Waals surface area (Å²) in [6, 6.07) is 5.59. The summed E-state index contributed by atoms with van der Waals surface area (Å²) in [7, 11) is 0. The third-order valence-electron chi connectivity index (χ3n) is 1.96. The predicted molar refractivity (Wildman–Crippen MR) is 69.6 cm³/mol. The first-order chi connectivity index (χ1) is 7.68. The van der Waals surface area contributed by atoms with E-state index in [4.69, 9.17) is 0 Å². The highest BCUT2D eigenvalue weighted by Crippen LogP contribution is 2.18. The molecule has 82 valence electrons. The van der Waals surface area contributed by atoms with Crippen LogP contribution in [0.25, 0.3) is 0 Å². The summed E-state index contributed by atoms with van der Waals surface area (Å²) < 4.78 is 4.51. The van der Waals surface area contributed by atoms with Crippen molar-refractivity contribution >= 4 is 45.2 Å². The fourth-order valence-electron chi connectivity index (χ4n) is 1.17. The van der Waals surface area contributed by atoms with Gasteiger partial charge in [-0.2, -0.15) is 0 Å². The van der Waals surface area contributed by atoms with Crippen molar-refractivity contribution in [1.29, 1.82) is 0 Å².